The van der Waals surface area contributed by atoms with Crippen molar-refractivity contribution in [2.24, 2.45) is 0 Å². The third-order valence-corrected chi connectivity index (χ3v) is 2.89. The van der Waals surface area contributed by atoms with Crippen molar-refractivity contribution in [2.45, 2.75) is 6.61 Å². The maximum atomic E-state index is 13.3. The topological polar surface area (TPSA) is 48.4 Å². The van der Waals surface area contributed by atoms with E-state index in [2.05, 4.69) is 4.98 Å². The molecule has 0 radical (unpaired) electrons. The summed E-state index contributed by atoms with van der Waals surface area (Å²) in [6, 6.07) is 5.71. The molecule has 0 amide bonds. The number of rotatable bonds is 4. The molecule has 0 saturated carbocycles. The van der Waals surface area contributed by atoms with Crippen LogP contribution in [0.15, 0.2) is 29.6 Å². The van der Waals surface area contributed by atoms with E-state index in [4.69, 9.17) is 9.47 Å². The Hall–Kier alpha value is -1.79. The quantitative estimate of drug-likeness (QED) is 0.631. The van der Waals surface area contributed by atoms with Gasteiger partial charge in [-0.25, -0.2) is 14.2 Å². The lowest BCUT2D eigenvalue weighted by Gasteiger charge is -2.02. The second-order valence-electron chi connectivity index (χ2n) is 3.38. The number of thiazole rings is 1. The van der Waals surface area contributed by atoms with Crippen molar-refractivity contribution in [1.82, 2.24) is 4.98 Å². The molecule has 0 atom stereocenters. The van der Waals surface area contributed by atoms with Crippen molar-refractivity contribution >= 4 is 17.3 Å². The molecule has 2 rings (SSSR count). The molecule has 94 valence electrons. The van der Waals surface area contributed by atoms with Crippen LogP contribution in [-0.4, -0.2) is 18.1 Å². The molecule has 0 spiro atoms. The zero-order valence-corrected chi connectivity index (χ0v) is 10.4. The minimum atomic E-state index is -0.682. The van der Waals surface area contributed by atoms with E-state index < -0.39 is 11.8 Å². The van der Waals surface area contributed by atoms with Gasteiger partial charge >= 0.3 is 5.97 Å². The maximum absolute atomic E-state index is 13.3. The lowest BCUT2D eigenvalue weighted by Crippen LogP contribution is -2.10. The van der Waals surface area contributed by atoms with Gasteiger partial charge < -0.3 is 9.47 Å². The summed E-state index contributed by atoms with van der Waals surface area (Å²) in [5.74, 6) is -1.37. The van der Waals surface area contributed by atoms with E-state index in [-0.39, 0.29) is 11.4 Å². The number of nitrogens with zero attached hydrogens (tertiary/aromatic N) is 1. The van der Waals surface area contributed by atoms with Gasteiger partial charge in [-0.3, -0.25) is 0 Å². The van der Waals surface area contributed by atoms with E-state index in [1.54, 1.807) is 18.6 Å². The van der Waals surface area contributed by atoms with Crippen LogP contribution in [0.25, 0.3) is 0 Å². The summed E-state index contributed by atoms with van der Waals surface area (Å²) in [7, 11) is 1.54. The first-order valence-electron chi connectivity index (χ1n) is 5.10. The lowest BCUT2D eigenvalue weighted by molar-refractivity contribution is 0.0722. The van der Waals surface area contributed by atoms with Crippen LogP contribution in [0.2, 0.25) is 0 Å². The third kappa shape index (κ3) is 2.91. The Labute approximate surface area is 107 Å². The molecule has 6 heteroatoms. The molecule has 0 aliphatic rings. The standard InChI is InChI=1S/C12H10FNO3S/c1-16-6-11-14-9(7-18-11)12(15)17-10-5-3-2-4-8(10)13/h2-5,7H,6H2,1H3. The van der Waals surface area contributed by atoms with Gasteiger partial charge in [0.25, 0.3) is 0 Å². The lowest BCUT2D eigenvalue weighted by atomic mass is 10.3. The van der Waals surface area contributed by atoms with Crippen LogP contribution < -0.4 is 4.74 Å². The number of halogens is 1. The van der Waals surface area contributed by atoms with Crippen LogP contribution in [0, 0.1) is 5.82 Å². The fraction of sp³-hybridized carbons (Fsp3) is 0.167. The predicted molar refractivity (Wildman–Crippen MR) is 64.2 cm³/mol. The monoisotopic (exact) mass is 267 g/mol. The van der Waals surface area contributed by atoms with Crippen molar-refractivity contribution < 1.29 is 18.7 Å². The van der Waals surface area contributed by atoms with Gasteiger partial charge in [0.1, 0.15) is 5.01 Å². The Morgan fingerprint density at radius 3 is 2.94 bits per heavy atom. The highest BCUT2D eigenvalue weighted by molar-refractivity contribution is 7.09. The number of carbonyl (C=O) groups is 1. The molecule has 0 aliphatic carbocycles. The summed E-state index contributed by atoms with van der Waals surface area (Å²) < 4.78 is 23.1. The number of aromatic nitrogens is 1. The molecule has 1 heterocycles. The second-order valence-corrected chi connectivity index (χ2v) is 4.32. The van der Waals surface area contributed by atoms with Gasteiger partial charge in [-0.2, -0.15) is 0 Å². The molecule has 0 saturated heterocycles. The van der Waals surface area contributed by atoms with Crippen molar-refractivity contribution in [1.29, 1.82) is 0 Å². The number of esters is 1. The molecule has 4 nitrogen and oxygen atoms in total. The zero-order chi connectivity index (χ0) is 13.0. The highest BCUT2D eigenvalue weighted by Gasteiger charge is 2.14. The van der Waals surface area contributed by atoms with Crippen LogP contribution >= 0.6 is 11.3 Å². The van der Waals surface area contributed by atoms with Crippen molar-refractivity contribution in [3.63, 3.8) is 0 Å². The largest absolute Gasteiger partial charge is 0.419 e. The summed E-state index contributed by atoms with van der Waals surface area (Å²) in [5, 5.41) is 2.22. The van der Waals surface area contributed by atoms with Crippen LogP contribution in [0.5, 0.6) is 5.75 Å². The van der Waals surface area contributed by atoms with Gasteiger partial charge in [0.15, 0.2) is 17.3 Å². The van der Waals surface area contributed by atoms with E-state index in [1.165, 1.54) is 29.5 Å². The Balaban J connectivity index is 2.10. The number of para-hydroxylation sites is 1. The molecule has 18 heavy (non-hydrogen) atoms. The van der Waals surface area contributed by atoms with Crippen LogP contribution in [0.3, 0.4) is 0 Å². The smallest absolute Gasteiger partial charge is 0.363 e. The van der Waals surface area contributed by atoms with E-state index in [0.717, 1.165) is 0 Å². The van der Waals surface area contributed by atoms with E-state index in [0.29, 0.717) is 11.6 Å². The Morgan fingerprint density at radius 1 is 1.44 bits per heavy atom. The first kappa shape index (κ1) is 12.7. The molecule has 1 aromatic carbocycles. The van der Waals surface area contributed by atoms with Gasteiger partial charge in [0, 0.05) is 12.5 Å². The summed E-state index contributed by atoms with van der Waals surface area (Å²) in [5.41, 5.74) is 0.148. The third-order valence-electron chi connectivity index (χ3n) is 2.07. The van der Waals surface area contributed by atoms with Crippen LogP contribution in [0.1, 0.15) is 15.5 Å². The fourth-order valence-electron chi connectivity index (χ4n) is 1.27. The van der Waals surface area contributed by atoms with Crippen LogP contribution in [-0.2, 0) is 11.3 Å². The molecule has 2 aromatic rings. The average Bonchev–Trinajstić information content (AvgIpc) is 2.81. The van der Waals surface area contributed by atoms with Gasteiger partial charge in [0.2, 0.25) is 0 Å². The highest BCUT2D eigenvalue weighted by atomic mass is 32.1. The SMILES string of the molecule is COCc1nc(C(=O)Oc2ccccc2F)cs1. The van der Waals surface area contributed by atoms with E-state index in [1.807, 2.05) is 0 Å². The molecule has 0 bridgehead atoms. The van der Waals surface area contributed by atoms with Crippen LogP contribution in [0.4, 0.5) is 4.39 Å². The number of hydrogen-bond acceptors (Lipinski definition) is 5. The molecule has 0 aliphatic heterocycles. The normalized spacial score (nSPS) is 10.3. The minimum Gasteiger partial charge on any atom is -0.419 e. The molecule has 1 aromatic heterocycles. The molecule has 0 fully saturated rings. The van der Waals surface area contributed by atoms with Gasteiger partial charge in [0.05, 0.1) is 6.61 Å². The number of methoxy groups -OCH3 is 1. The van der Waals surface area contributed by atoms with Crippen molar-refractivity contribution in [2.75, 3.05) is 7.11 Å². The number of benzene rings is 1. The molecule has 0 unspecified atom stereocenters. The second kappa shape index (κ2) is 5.70. The molecular weight excluding hydrogens is 257 g/mol. The van der Waals surface area contributed by atoms with Gasteiger partial charge in [-0.05, 0) is 12.1 Å². The number of carbonyl (C=O) groups excluding carboxylic acids is 1. The van der Waals surface area contributed by atoms with Gasteiger partial charge in [-0.1, -0.05) is 12.1 Å². The first-order chi connectivity index (χ1) is 8.70. The maximum Gasteiger partial charge on any atom is 0.363 e. The van der Waals surface area contributed by atoms with Crippen molar-refractivity contribution in [3.8, 4) is 5.75 Å². The minimum absolute atomic E-state index is 0.108. The Morgan fingerprint density at radius 2 is 2.22 bits per heavy atom. The number of ether oxygens (including phenoxy) is 2. The Bertz CT molecular complexity index is 556. The summed E-state index contributed by atoms with van der Waals surface area (Å²) in [6.07, 6.45) is 0. The van der Waals surface area contributed by atoms with Crippen molar-refractivity contribution in [3.05, 3.63) is 46.2 Å². The van der Waals surface area contributed by atoms with Gasteiger partial charge in [-0.15, -0.1) is 11.3 Å². The predicted octanol–water partition coefficient (Wildman–Crippen LogP) is 2.65. The first-order valence-corrected chi connectivity index (χ1v) is 5.98. The average molecular weight is 267 g/mol. The van der Waals surface area contributed by atoms with E-state index >= 15 is 0 Å². The zero-order valence-electron chi connectivity index (χ0n) is 9.55. The fourth-order valence-corrected chi connectivity index (χ4v) is 2.01. The Kier molecular flexibility index (Phi) is 4.01. The molecule has 0 N–H and O–H groups in total. The van der Waals surface area contributed by atoms with E-state index in [9.17, 15) is 9.18 Å². The number of hydrogen-bond donors (Lipinski definition) is 0. The highest BCUT2D eigenvalue weighted by Crippen LogP contribution is 2.18. The molecular formula is C12H10FNO3S. The summed E-state index contributed by atoms with van der Waals surface area (Å²) in [6.45, 7) is 0.331. The summed E-state index contributed by atoms with van der Waals surface area (Å²) >= 11 is 1.29. The summed E-state index contributed by atoms with van der Waals surface area (Å²) in [4.78, 5) is 15.7.